The van der Waals surface area contributed by atoms with Gasteiger partial charge in [-0.05, 0) is 37.1 Å². The van der Waals surface area contributed by atoms with Crippen LogP contribution in [0.4, 0.5) is 4.39 Å². The Morgan fingerprint density at radius 3 is 2.57 bits per heavy atom. The zero-order valence-electron chi connectivity index (χ0n) is 17.0. The number of aromatic amines is 1. The fourth-order valence-electron chi connectivity index (χ4n) is 3.26. The number of hydrogen-bond acceptors (Lipinski definition) is 5. The van der Waals surface area contributed by atoms with Crippen LogP contribution in [0.1, 0.15) is 31.8 Å². The summed E-state index contributed by atoms with van der Waals surface area (Å²) in [7, 11) is 0. The van der Waals surface area contributed by atoms with E-state index < -0.39 is 0 Å². The summed E-state index contributed by atoms with van der Waals surface area (Å²) >= 11 is 1.44. The van der Waals surface area contributed by atoms with Crippen LogP contribution in [0.15, 0.2) is 58.5 Å². The van der Waals surface area contributed by atoms with Crippen molar-refractivity contribution in [1.29, 1.82) is 0 Å². The SMILES string of the molecule is CC(C)Cn1c(S[C@H](C)c2nc3ccccc3c(=O)[nH]2)nnc1-c1ccccc1F. The summed E-state index contributed by atoms with van der Waals surface area (Å²) in [5, 5.41) is 9.64. The first kappa shape index (κ1) is 20.3. The van der Waals surface area contributed by atoms with Crippen molar-refractivity contribution in [2.75, 3.05) is 0 Å². The van der Waals surface area contributed by atoms with Crippen molar-refractivity contribution < 1.29 is 4.39 Å². The maximum atomic E-state index is 14.4. The number of para-hydroxylation sites is 1. The molecule has 1 atom stereocenters. The molecule has 0 aliphatic carbocycles. The number of aromatic nitrogens is 5. The third kappa shape index (κ3) is 4.00. The molecule has 0 radical (unpaired) electrons. The van der Waals surface area contributed by atoms with Gasteiger partial charge in [-0.3, -0.25) is 4.79 Å². The second-order valence-electron chi connectivity index (χ2n) is 7.52. The summed E-state index contributed by atoms with van der Waals surface area (Å²) in [6.45, 7) is 6.78. The molecule has 2 aromatic carbocycles. The number of thioether (sulfide) groups is 1. The number of H-pyrrole nitrogens is 1. The lowest BCUT2D eigenvalue weighted by Gasteiger charge is -2.15. The largest absolute Gasteiger partial charge is 0.309 e. The van der Waals surface area contributed by atoms with Crippen LogP contribution >= 0.6 is 11.8 Å². The van der Waals surface area contributed by atoms with Crippen LogP contribution in [0.2, 0.25) is 0 Å². The topological polar surface area (TPSA) is 76.5 Å². The van der Waals surface area contributed by atoms with Gasteiger partial charge in [-0.2, -0.15) is 0 Å². The van der Waals surface area contributed by atoms with Gasteiger partial charge in [0.25, 0.3) is 5.56 Å². The van der Waals surface area contributed by atoms with Crippen molar-refractivity contribution in [3.05, 3.63) is 70.5 Å². The minimum Gasteiger partial charge on any atom is -0.309 e. The molecule has 8 heteroatoms. The number of halogens is 1. The van der Waals surface area contributed by atoms with Gasteiger partial charge in [0.05, 0.1) is 21.7 Å². The van der Waals surface area contributed by atoms with Crippen molar-refractivity contribution in [1.82, 2.24) is 24.7 Å². The van der Waals surface area contributed by atoms with E-state index in [1.54, 1.807) is 24.3 Å². The lowest BCUT2D eigenvalue weighted by atomic mass is 10.2. The van der Waals surface area contributed by atoms with Gasteiger partial charge in [-0.1, -0.05) is 49.9 Å². The molecule has 6 nitrogen and oxygen atoms in total. The van der Waals surface area contributed by atoms with E-state index in [2.05, 4.69) is 34.0 Å². The molecule has 1 N–H and O–H groups in total. The van der Waals surface area contributed by atoms with E-state index in [1.165, 1.54) is 17.8 Å². The zero-order chi connectivity index (χ0) is 21.3. The van der Waals surface area contributed by atoms with Gasteiger partial charge in [0.15, 0.2) is 11.0 Å². The Balaban J connectivity index is 1.71. The van der Waals surface area contributed by atoms with Crippen LogP contribution in [0.3, 0.4) is 0 Å². The molecule has 0 bridgehead atoms. The van der Waals surface area contributed by atoms with Gasteiger partial charge in [0, 0.05) is 6.54 Å². The molecule has 0 unspecified atom stereocenters. The number of fused-ring (bicyclic) bond motifs is 1. The van der Waals surface area contributed by atoms with E-state index in [0.29, 0.717) is 45.7 Å². The van der Waals surface area contributed by atoms with Crippen LogP contribution in [0, 0.1) is 11.7 Å². The van der Waals surface area contributed by atoms with Gasteiger partial charge in [0.2, 0.25) is 0 Å². The summed E-state index contributed by atoms with van der Waals surface area (Å²) in [5.41, 5.74) is 0.903. The fraction of sp³-hybridized carbons (Fsp3) is 0.273. The monoisotopic (exact) mass is 423 g/mol. The van der Waals surface area contributed by atoms with Crippen LogP contribution in [-0.2, 0) is 6.54 Å². The van der Waals surface area contributed by atoms with E-state index >= 15 is 0 Å². The molecular formula is C22H22FN5OS. The van der Waals surface area contributed by atoms with Crippen LogP contribution in [0.5, 0.6) is 0 Å². The lowest BCUT2D eigenvalue weighted by molar-refractivity contribution is 0.496. The summed E-state index contributed by atoms with van der Waals surface area (Å²) in [4.78, 5) is 19.9. The molecule has 2 heterocycles. The maximum absolute atomic E-state index is 14.4. The Bertz CT molecular complexity index is 1250. The first-order valence-corrected chi connectivity index (χ1v) is 10.7. The summed E-state index contributed by atoms with van der Waals surface area (Å²) in [6.07, 6.45) is 0. The molecule has 4 aromatic rings. The van der Waals surface area contributed by atoms with Gasteiger partial charge in [-0.25, -0.2) is 9.37 Å². The van der Waals surface area contributed by atoms with Crippen molar-refractivity contribution >= 4 is 22.7 Å². The van der Waals surface area contributed by atoms with Crippen molar-refractivity contribution in [3.8, 4) is 11.4 Å². The molecule has 0 amide bonds. The normalized spacial score (nSPS) is 12.6. The van der Waals surface area contributed by atoms with Crippen LogP contribution < -0.4 is 5.56 Å². The first-order valence-electron chi connectivity index (χ1n) is 9.77. The van der Waals surface area contributed by atoms with Gasteiger partial charge < -0.3 is 9.55 Å². The van der Waals surface area contributed by atoms with Gasteiger partial charge in [-0.15, -0.1) is 10.2 Å². The third-order valence-electron chi connectivity index (χ3n) is 4.68. The molecule has 0 aliphatic rings. The average Bonchev–Trinajstić information content (AvgIpc) is 3.09. The number of benzene rings is 2. The van der Waals surface area contributed by atoms with Crippen molar-refractivity contribution in [2.24, 2.45) is 5.92 Å². The molecule has 0 saturated heterocycles. The first-order chi connectivity index (χ1) is 14.4. The zero-order valence-corrected chi connectivity index (χ0v) is 17.8. The third-order valence-corrected chi connectivity index (χ3v) is 5.77. The standard InChI is InChI=1S/C22H22FN5OS/c1-13(2)12-28-20(15-8-4-6-10-17(15)23)26-27-22(28)30-14(3)19-24-18-11-7-5-9-16(18)21(29)25-19/h4-11,13-14H,12H2,1-3H3,(H,24,25,29)/t14-/m1/s1. The highest BCUT2D eigenvalue weighted by atomic mass is 32.2. The highest BCUT2D eigenvalue weighted by Crippen LogP contribution is 2.34. The fourth-order valence-corrected chi connectivity index (χ4v) is 4.17. The minimum atomic E-state index is -0.333. The maximum Gasteiger partial charge on any atom is 0.258 e. The number of hydrogen-bond donors (Lipinski definition) is 1. The molecule has 4 rings (SSSR count). The van der Waals surface area contributed by atoms with Crippen LogP contribution in [0.25, 0.3) is 22.3 Å². The molecule has 154 valence electrons. The van der Waals surface area contributed by atoms with E-state index in [1.807, 2.05) is 29.7 Å². The van der Waals surface area contributed by atoms with Gasteiger partial charge in [0.1, 0.15) is 11.6 Å². The Kier molecular flexibility index (Phi) is 5.67. The predicted molar refractivity (Wildman–Crippen MR) is 117 cm³/mol. The van der Waals surface area contributed by atoms with Crippen molar-refractivity contribution in [3.63, 3.8) is 0 Å². The minimum absolute atomic E-state index is 0.168. The van der Waals surface area contributed by atoms with E-state index in [-0.39, 0.29) is 16.6 Å². The Morgan fingerprint density at radius 1 is 1.07 bits per heavy atom. The summed E-state index contributed by atoms with van der Waals surface area (Å²) in [5.74, 6) is 1.05. The van der Waals surface area contributed by atoms with Crippen molar-refractivity contribution in [2.45, 2.75) is 37.7 Å². The van der Waals surface area contributed by atoms with E-state index in [0.717, 1.165) is 0 Å². The highest BCUT2D eigenvalue weighted by Gasteiger charge is 2.21. The lowest BCUT2D eigenvalue weighted by Crippen LogP contribution is -2.13. The average molecular weight is 424 g/mol. The summed E-state index contributed by atoms with van der Waals surface area (Å²) in [6, 6.07) is 13.8. The number of nitrogens with zero attached hydrogens (tertiary/aromatic N) is 4. The summed E-state index contributed by atoms with van der Waals surface area (Å²) < 4.78 is 16.3. The van der Waals surface area contributed by atoms with E-state index in [4.69, 9.17) is 0 Å². The Morgan fingerprint density at radius 2 is 1.80 bits per heavy atom. The van der Waals surface area contributed by atoms with Crippen LogP contribution in [-0.4, -0.2) is 24.7 Å². The molecule has 0 saturated carbocycles. The van der Waals surface area contributed by atoms with E-state index in [9.17, 15) is 9.18 Å². The molecule has 0 spiro atoms. The Labute approximate surface area is 177 Å². The number of rotatable bonds is 6. The second kappa shape index (κ2) is 8.39. The molecular weight excluding hydrogens is 401 g/mol. The molecule has 0 fully saturated rings. The van der Waals surface area contributed by atoms with Gasteiger partial charge >= 0.3 is 0 Å². The highest BCUT2D eigenvalue weighted by molar-refractivity contribution is 7.99. The molecule has 0 aliphatic heterocycles. The smallest absolute Gasteiger partial charge is 0.258 e. The Hall–Kier alpha value is -3.00. The second-order valence-corrected chi connectivity index (χ2v) is 8.83. The number of nitrogens with one attached hydrogen (secondary N) is 1. The molecule has 30 heavy (non-hydrogen) atoms. The predicted octanol–water partition coefficient (Wildman–Crippen LogP) is 4.83. The molecule has 2 aromatic heterocycles. The quantitative estimate of drug-likeness (QED) is 0.450.